The molecule has 0 spiro atoms. The van der Waals surface area contributed by atoms with Gasteiger partial charge >= 0.3 is 6.09 Å². The van der Waals surface area contributed by atoms with Crippen molar-refractivity contribution in [3.05, 3.63) is 52.7 Å². The van der Waals surface area contributed by atoms with Crippen LogP contribution in [0, 0.1) is 11.8 Å². The third kappa shape index (κ3) is 7.99. The number of hydrogen-bond acceptors (Lipinski definition) is 5. The SMILES string of the molecule is CC(C)(C)OC(=O)NC[C@H]1CC[C@H](CNC(=O)c2cc(Cl)nc(-c3cccc(CN)c3)c2)CC1. The Kier molecular flexibility index (Phi) is 8.91. The minimum Gasteiger partial charge on any atom is -0.444 e. The highest BCUT2D eigenvalue weighted by Crippen LogP contribution is 2.28. The van der Waals surface area contributed by atoms with E-state index < -0.39 is 5.60 Å². The molecule has 1 heterocycles. The Morgan fingerprint density at radius 3 is 2.32 bits per heavy atom. The van der Waals surface area contributed by atoms with Crippen molar-refractivity contribution < 1.29 is 14.3 Å². The van der Waals surface area contributed by atoms with E-state index in [0.717, 1.165) is 36.8 Å². The number of nitrogens with two attached hydrogens (primary N) is 1. The zero-order valence-corrected chi connectivity index (χ0v) is 21.0. The van der Waals surface area contributed by atoms with E-state index in [1.165, 1.54) is 0 Å². The first-order valence-corrected chi connectivity index (χ1v) is 12.2. The maximum Gasteiger partial charge on any atom is 0.407 e. The van der Waals surface area contributed by atoms with Gasteiger partial charge in [-0.1, -0.05) is 29.8 Å². The van der Waals surface area contributed by atoms with Gasteiger partial charge in [0.1, 0.15) is 10.8 Å². The van der Waals surface area contributed by atoms with E-state index in [1.54, 1.807) is 12.1 Å². The Morgan fingerprint density at radius 1 is 1.06 bits per heavy atom. The number of carbonyl (C=O) groups is 2. The molecule has 8 heteroatoms. The largest absolute Gasteiger partial charge is 0.444 e. The molecule has 3 rings (SSSR count). The van der Waals surface area contributed by atoms with Crippen molar-refractivity contribution in [1.29, 1.82) is 0 Å². The topological polar surface area (TPSA) is 106 Å². The number of nitrogens with zero attached hydrogens (tertiary/aromatic N) is 1. The lowest BCUT2D eigenvalue weighted by Crippen LogP contribution is -2.37. The molecule has 1 aromatic carbocycles. The summed E-state index contributed by atoms with van der Waals surface area (Å²) >= 11 is 6.22. The summed E-state index contributed by atoms with van der Waals surface area (Å²) in [6.45, 7) is 7.23. The summed E-state index contributed by atoms with van der Waals surface area (Å²) in [5, 5.41) is 6.20. The van der Waals surface area contributed by atoms with Gasteiger partial charge in [0.15, 0.2) is 0 Å². The van der Waals surface area contributed by atoms with Crippen molar-refractivity contribution in [3.8, 4) is 11.3 Å². The van der Waals surface area contributed by atoms with Crippen molar-refractivity contribution in [2.45, 2.75) is 58.6 Å². The third-order valence-corrected chi connectivity index (χ3v) is 6.16. The number of aromatic nitrogens is 1. The van der Waals surface area contributed by atoms with E-state index in [9.17, 15) is 9.59 Å². The molecule has 1 aliphatic carbocycles. The highest BCUT2D eigenvalue weighted by Gasteiger charge is 2.23. The van der Waals surface area contributed by atoms with E-state index in [-0.39, 0.29) is 17.2 Å². The molecular formula is C26H35ClN4O3. The van der Waals surface area contributed by atoms with Crippen molar-refractivity contribution in [2.24, 2.45) is 17.6 Å². The van der Waals surface area contributed by atoms with E-state index in [4.69, 9.17) is 22.1 Å². The van der Waals surface area contributed by atoms with Crippen LogP contribution in [0.4, 0.5) is 4.79 Å². The molecule has 0 aliphatic heterocycles. The second kappa shape index (κ2) is 11.7. The number of carbonyl (C=O) groups excluding carboxylic acids is 2. The smallest absolute Gasteiger partial charge is 0.407 e. The predicted octanol–water partition coefficient (Wildman–Crippen LogP) is 4.92. The quantitative estimate of drug-likeness (QED) is 0.481. The Balaban J connectivity index is 1.48. The average Bonchev–Trinajstić information content (AvgIpc) is 2.80. The van der Waals surface area contributed by atoms with E-state index >= 15 is 0 Å². The van der Waals surface area contributed by atoms with Crippen molar-refractivity contribution in [2.75, 3.05) is 13.1 Å². The van der Waals surface area contributed by atoms with Gasteiger partial charge in [-0.15, -0.1) is 0 Å². The molecule has 0 atom stereocenters. The van der Waals surface area contributed by atoms with Gasteiger partial charge in [-0.3, -0.25) is 4.79 Å². The van der Waals surface area contributed by atoms with Crippen molar-refractivity contribution >= 4 is 23.6 Å². The van der Waals surface area contributed by atoms with E-state index in [2.05, 4.69) is 15.6 Å². The first-order valence-electron chi connectivity index (χ1n) is 11.8. The van der Waals surface area contributed by atoms with Crippen LogP contribution in [-0.2, 0) is 11.3 Å². The fourth-order valence-electron chi connectivity index (χ4n) is 4.15. The number of hydrogen-bond donors (Lipinski definition) is 3. The number of rotatable bonds is 7. The first-order chi connectivity index (χ1) is 16.1. The van der Waals surface area contributed by atoms with Crippen LogP contribution in [0.25, 0.3) is 11.3 Å². The summed E-state index contributed by atoms with van der Waals surface area (Å²) in [5.74, 6) is 0.694. The van der Waals surface area contributed by atoms with Gasteiger partial charge in [0, 0.05) is 30.8 Å². The lowest BCUT2D eigenvalue weighted by molar-refractivity contribution is 0.0512. The molecule has 1 fully saturated rings. The number of amides is 2. The minimum absolute atomic E-state index is 0.158. The Hall–Kier alpha value is -2.64. The van der Waals surface area contributed by atoms with Crippen LogP contribution in [0.5, 0.6) is 0 Å². The molecule has 2 aromatic rings. The molecule has 0 bridgehead atoms. The number of pyridine rings is 1. The zero-order chi connectivity index (χ0) is 24.7. The maximum atomic E-state index is 12.8. The molecule has 34 heavy (non-hydrogen) atoms. The Bertz CT molecular complexity index is 998. The highest BCUT2D eigenvalue weighted by molar-refractivity contribution is 6.30. The van der Waals surface area contributed by atoms with Crippen LogP contribution >= 0.6 is 11.6 Å². The minimum atomic E-state index is -0.492. The van der Waals surface area contributed by atoms with E-state index in [1.807, 2.05) is 45.0 Å². The summed E-state index contributed by atoms with van der Waals surface area (Å²) in [4.78, 5) is 29.0. The van der Waals surface area contributed by atoms with Gasteiger partial charge in [0.2, 0.25) is 0 Å². The third-order valence-electron chi connectivity index (χ3n) is 5.97. The molecule has 7 nitrogen and oxygen atoms in total. The van der Waals surface area contributed by atoms with Gasteiger partial charge in [0.25, 0.3) is 5.91 Å². The van der Waals surface area contributed by atoms with Crippen LogP contribution in [0.3, 0.4) is 0 Å². The standard InChI is InChI=1S/C26H35ClN4O3/c1-26(2,3)34-25(33)30-16-18-9-7-17(8-10-18)15-29-24(32)21-12-22(31-23(27)13-21)20-6-4-5-19(11-20)14-28/h4-6,11-13,17-18H,7-10,14-16,28H2,1-3H3,(H,29,32)(H,30,33)/t17-,18-. The maximum absolute atomic E-state index is 12.8. The van der Waals surface area contributed by atoms with Crippen molar-refractivity contribution in [1.82, 2.24) is 15.6 Å². The van der Waals surface area contributed by atoms with Crippen LogP contribution in [-0.4, -0.2) is 35.7 Å². The normalized spacial score (nSPS) is 18.3. The van der Waals surface area contributed by atoms with Gasteiger partial charge in [-0.05, 0) is 82.1 Å². The van der Waals surface area contributed by atoms with E-state index in [0.29, 0.717) is 42.7 Å². The average molecular weight is 487 g/mol. The second-order valence-electron chi connectivity index (χ2n) is 9.95. The molecular weight excluding hydrogens is 452 g/mol. The lowest BCUT2D eigenvalue weighted by atomic mass is 9.82. The van der Waals surface area contributed by atoms with Crippen LogP contribution in [0.1, 0.15) is 62.4 Å². The molecule has 1 aliphatic rings. The molecule has 184 valence electrons. The van der Waals surface area contributed by atoms with Gasteiger partial charge < -0.3 is 21.1 Å². The summed E-state index contributed by atoms with van der Waals surface area (Å²) in [6.07, 6.45) is 3.68. The predicted molar refractivity (Wildman–Crippen MR) is 135 cm³/mol. The van der Waals surface area contributed by atoms with Crippen LogP contribution < -0.4 is 16.4 Å². The van der Waals surface area contributed by atoms with Crippen molar-refractivity contribution in [3.63, 3.8) is 0 Å². The molecule has 2 amide bonds. The Morgan fingerprint density at radius 2 is 1.71 bits per heavy atom. The fourth-order valence-corrected chi connectivity index (χ4v) is 4.36. The number of ether oxygens (including phenoxy) is 1. The number of halogens is 1. The highest BCUT2D eigenvalue weighted by atomic mass is 35.5. The molecule has 0 radical (unpaired) electrons. The molecule has 4 N–H and O–H groups in total. The number of alkyl carbamates (subject to hydrolysis) is 1. The lowest BCUT2D eigenvalue weighted by Gasteiger charge is -2.29. The second-order valence-corrected chi connectivity index (χ2v) is 10.3. The summed E-state index contributed by atoms with van der Waals surface area (Å²) in [7, 11) is 0. The summed E-state index contributed by atoms with van der Waals surface area (Å²) in [5.41, 5.74) is 8.24. The Labute approximate surface area is 206 Å². The van der Waals surface area contributed by atoms with Gasteiger partial charge in [-0.25, -0.2) is 9.78 Å². The van der Waals surface area contributed by atoms with Gasteiger partial charge in [0.05, 0.1) is 5.69 Å². The first kappa shape index (κ1) is 26.0. The van der Waals surface area contributed by atoms with Gasteiger partial charge in [-0.2, -0.15) is 0 Å². The molecule has 0 unspecified atom stereocenters. The molecule has 1 saturated carbocycles. The van der Waals surface area contributed by atoms with Crippen LogP contribution in [0.15, 0.2) is 36.4 Å². The fraction of sp³-hybridized carbons (Fsp3) is 0.500. The monoisotopic (exact) mass is 486 g/mol. The summed E-state index contributed by atoms with van der Waals surface area (Å²) < 4.78 is 5.30. The van der Waals surface area contributed by atoms with Crippen LogP contribution in [0.2, 0.25) is 5.15 Å². The zero-order valence-electron chi connectivity index (χ0n) is 20.2. The number of nitrogens with one attached hydrogen (secondary N) is 2. The molecule has 0 saturated heterocycles. The summed E-state index contributed by atoms with van der Waals surface area (Å²) in [6, 6.07) is 11.1. The molecule has 1 aromatic heterocycles. The number of benzene rings is 1.